The zero-order valence-corrected chi connectivity index (χ0v) is 11.3. The molecule has 0 unspecified atom stereocenters. The minimum atomic E-state index is -0.358. The van der Waals surface area contributed by atoms with Gasteiger partial charge in [0.1, 0.15) is 5.82 Å². The molecule has 21 heavy (non-hydrogen) atoms. The maximum absolute atomic E-state index is 13.5. The van der Waals surface area contributed by atoms with Crippen LogP contribution in [-0.4, -0.2) is 12.3 Å². The number of hydrogen-bond acceptors (Lipinski definition) is 2. The van der Waals surface area contributed by atoms with E-state index in [0.29, 0.717) is 11.3 Å². The van der Waals surface area contributed by atoms with Crippen molar-refractivity contribution in [2.24, 2.45) is 0 Å². The summed E-state index contributed by atoms with van der Waals surface area (Å²) in [6.45, 7) is 0.0687. The smallest absolute Gasteiger partial charge is 0.181 e. The van der Waals surface area contributed by atoms with Crippen LogP contribution in [0.15, 0.2) is 66.7 Å². The van der Waals surface area contributed by atoms with Crippen molar-refractivity contribution >= 4 is 22.2 Å². The molecule has 3 aromatic rings. The van der Waals surface area contributed by atoms with Crippen molar-refractivity contribution in [3.63, 3.8) is 0 Å². The molecule has 0 aliphatic carbocycles. The van der Waals surface area contributed by atoms with Crippen molar-refractivity contribution in [3.05, 3.63) is 78.1 Å². The van der Waals surface area contributed by atoms with E-state index in [0.717, 1.165) is 10.8 Å². The SMILES string of the molecule is O=C(CNc1ccccc1F)c1ccc2ccccc2c1. The number of fused-ring (bicyclic) bond motifs is 1. The average Bonchev–Trinajstić information content (AvgIpc) is 2.53. The van der Waals surface area contributed by atoms with E-state index >= 15 is 0 Å². The first kappa shape index (κ1) is 13.3. The molecule has 2 nitrogen and oxygen atoms in total. The molecule has 3 aromatic carbocycles. The van der Waals surface area contributed by atoms with Crippen molar-refractivity contribution in [1.29, 1.82) is 0 Å². The third kappa shape index (κ3) is 2.92. The molecule has 0 spiro atoms. The van der Waals surface area contributed by atoms with Crippen LogP contribution in [0.2, 0.25) is 0 Å². The third-order valence-electron chi connectivity index (χ3n) is 3.38. The Bertz CT molecular complexity index is 798. The summed E-state index contributed by atoms with van der Waals surface area (Å²) in [6.07, 6.45) is 0. The summed E-state index contributed by atoms with van der Waals surface area (Å²) in [6, 6.07) is 19.8. The van der Waals surface area contributed by atoms with Crippen LogP contribution in [0.5, 0.6) is 0 Å². The molecule has 0 aliphatic heterocycles. The van der Waals surface area contributed by atoms with Crippen molar-refractivity contribution in [3.8, 4) is 0 Å². The van der Waals surface area contributed by atoms with E-state index in [4.69, 9.17) is 0 Å². The van der Waals surface area contributed by atoms with Gasteiger partial charge in [-0.2, -0.15) is 0 Å². The number of benzene rings is 3. The lowest BCUT2D eigenvalue weighted by Crippen LogP contribution is -2.14. The quantitative estimate of drug-likeness (QED) is 0.722. The number of Topliss-reactive ketones (excluding diaryl/α,β-unsaturated/α-hetero) is 1. The highest BCUT2D eigenvalue weighted by molar-refractivity contribution is 6.02. The van der Waals surface area contributed by atoms with Crippen molar-refractivity contribution in [2.45, 2.75) is 0 Å². The number of ketones is 1. The van der Waals surface area contributed by atoms with E-state index in [1.165, 1.54) is 6.07 Å². The molecule has 0 aromatic heterocycles. The van der Waals surface area contributed by atoms with Gasteiger partial charge < -0.3 is 5.32 Å². The molecule has 0 radical (unpaired) electrons. The number of hydrogen-bond donors (Lipinski definition) is 1. The fraction of sp³-hybridized carbons (Fsp3) is 0.0556. The molecular weight excluding hydrogens is 265 g/mol. The summed E-state index contributed by atoms with van der Waals surface area (Å²) < 4.78 is 13.5. The van der Waals surface area contributed by atoms with Crippen LogP contribution in [-0.2, 0) is 0 Å². The molecule has 3 heteroatoms. The largest absolute Gasteiger partial charge is 0.375 e. The first-order chi connectivity index (χ1) is 10.2. The third-order valence-corrected chi connectivity index (χ3v) is 3.38. The van der Waals surface area contributed by atoms with Gasteiger partial charge in [-0.05, 0) is 29.0 Å². The van der Waals surface area contributed by atoms with E-state index in [2.05, 4.69) is 5.32 Å². The van der Waals surface area contributed by atoms with Crippen LogP contribution < -0.4 is 5.32 Å². The Hall–Kier alpha value is -2.68. The second-order valence-electron chi connectivity index (χ2n) is 4.82. The molecule has 1 N–H and O–H groups in total. The van der Waals surface area contributed by atoms with Gasteiger partial charge >= 0.3 is 0 Å². The minimum Gasteiger partial charge on any atom is -0.375 e. The van der Waals surface area contributed by atoms with Crippen LogP contribution >= 0.6 is 0 Å². The van der Waals surface area contributed by atoms with Gasteiger partial charge in [0.05, 0.1) is 12.2 Å². The number of carbonyl (C=O) groups excluding carboxylic acids is 1. The summed E-state index contributed by atoms with van der Waals surface area (Å²) >= 11 is 0. The summed E-state index contributed by atoms with van der Waals surface area (Å²) in [5.41, 5.74) is 0.962. The first-order valence-corrected chi connectivity index (χ1v) is 6.74. The lowest BCUT2D eigenvalue weighted by molar-refractivity contribution is 0.101. The Morgan fingerprint density at radius 2 is 1.62 bits per heavy atom. The number of para-hydroxylation sites is 1. The summed E-state index contributed by atoms with van der Waals surface area (Å²) in [7, 11) is 0. The van der Waals surface area contributed by atoms with Gasteiger partial charge in [0, 0.05) is 5.56 Å². The number of halogens is 1. The van der Waals surface area contributed by atoms with E-state index in [9.17, 15) is 9.18 Å². The molecule has 3 rings (SSSR count). The van der Waals surface area contributed by atoms with Crippen molar-refractivity contribution in [1.82, 2.24) is 0 Å². The zero-order chi connectivity index (χ0) is 14.7. The van der Waals surface area contributed by atoms with Crippen LogP contribution in [0.3, 0.4) is 0 Å². The van der Waals surface area contributed by atoms with E-state index in [1.54, 1.807) is 24.3 Å². The lowest BCUT2D eigenvalue weighted by atomic mass is 10.0. The molecule has 0 saturated heterocycles. The normalized spacial score (nSPS) is 10.5. The summed E-state index contributed by atoms with van der Waals surface area (Å²) in [4.78, 5) is 12.2. The number of nitrogens with one attached hydrogen (secondary N) is 1. The summed E-state index contributed by atoms with van der Waals surface area (Å²) in [5, 5.41) is 4.95. The standard InChI is InChI=1S/C18H14FNO/c19-16-7-3-4-8-17(16)20-12-18(21)15-10-9-13-5-1-2-6-14(13)11-15/h1-11,20H,12H2. The maximum Gasteiger partial charge on any atom is 0.181 e. The van der Waals surface area contributed by atoms with Crippen molar-refractivity contribution < 1.29 is 9.18 Å². The molecule has 0 fully saturated rings. The Labute approximate surface area is 122 Å². The predicted molar refractivity (Wildman–Crippen MR) is 83.2 cm³/mol. The highest BCUT2D eigenvalue weighted by atomic mass is 19.1. The lowest BCUT2D eigenvalue weighted by Gasteiger charge is -2.07. The van der Waals surface area contributed by atoms with Crippen LogP contribution in [0, 0.1) is 5.82 Å². The predicted octanol–water partition coefficient (Wildman–Crippen LogP) is 4.27. The van der Waals surface area contributed by atoms with Gasteiger partial charge in [-0.1, -0.05) is 48.5 Å². The highest BCUT2D eigenvalue weighted by Crippen LogP contribution is 2.17. The van der Waals surface area contributed by atoms with Crippen LogP contribution in [0.25, 0.3) is 10.8 Å². The van der Waals surface area contributed by atoms with E-state index < -0.39 is 0 Å². The van der Waals surface area contributed by atoms with Gasteiger partial charge in [0.25, 0.3) is 0 Å². The minimum absolute atomic E-state index is 0.0657. The number of anilines is 1. The van der Waals surface area contributed by atoms with Gasteiger partial charge in [-0.25, -0.2) is 4.39 Å². The zero-order valence-electron chi connectivity index (χ0n) is 11.3. The molecule has 0 atom stereocenters. The average molecular weight is 279 g/mol. The fourth-order valence-electron chi connectivity index (χ4n) is 2.24. The number of carbonyl (C=O) groups is 1. The monoisotopic (exact) mass is 279 g/mol. The fourth-order valence-corrected chi connectivity index (χ4v) is 2.24. The molecule has 0 aliphatic rings. The van der Waals surface area contributed by atoms with Gasteiger partial charge in [-0.3, -0.25) is 4.79 Å². The highest BCUT2D eigenvalue weighted by Gasteiger charge is 2.08. The van der Waals surface area contributed by atoms with E-state index in [1.807, 2.05) is 36.4 Å². The number of rotatable bonds is 4. The van der Waals surface area contributed by atoms with Gasteiger partial charge in [0.2, 0.25) is 0 Å². The summed E-state index contributed by atoms with van der Waals surface area (Å²) in [5.74, 6) is -0.423. The molecule has 104 valence electrons. The van der Waals surface area contributed by atoms with Crippen LogP contribution in [0.1, 0.15) is 10.4 Å². The Balaban J connectivity index is 1.76. The Morgan fingerprint density at radius 3 is 2.43 bits per heavy atom. The van der Waals surface area contributed by atoms with Crippen molar-refractivity contribution in [2.75, 3.05) is 11.9 Å². The molecular formula is C18H14FNO. The molecule has 0 bridgehead atoms. The molecule has 0 saturated carbocycles. The Kier molecular flexibility index (Phi) is 3.65. The maximum atomic E-state index is 13.5. The topological polar surface area (TPSA) is 29.1 Å². The second-order valence-corrected chi connectivity index (χ2v) is 4.82. The molecule has 0 amide bonds. The molecule has 0 heterocycles. The van der Waals surface area contributed by atoms with Crippen LogP contribution in [0.4, 0.5) is 10.1 Å². The first-order valence-electron chi connectivity index (χ1n) is 6.74. The second kappa shape index (κ2) is 5.75. The van der Waals surface area contributed by atoms with E-state index in [-0.39, 0.29) is 18.1 Å². The van der Waals surface area contributed by atoms with Gasteiger partial charge in [0.15, 0.2) is 5.78 Å². The Morgan fingerprint density at radius 1 is 0.905 bits per heavy atom. The van der Waals surface area contributed by atoms with Gasteiger partial charge in [-0.15, -0.1) is 0 Å².